The number of halogens is 2. The first-order valence-corrected chi connectivity index (χ1v) is 8.19. The summed E-state index contributed by atoms with van der Waals surface area (Å²) in [6.07, 6.45) is 0. The Bertz CT molecular complexity index is 827. The van der Waals surface area contributed by atoms with Gasteiger partial charge in [-0.1, -0.05) is 100 Å². The zero-order valence-electron chi connectivity index (χ0n) is 11.8. The molecule has 0 fully saturated rings. The molecule has 0 radical (unpaired) electrons. The number of rotatable bonds is 0. The molecular formula is C20H14BrCl. The summed E-state index contributed by atoms with van der Waals surface area (Å²) in [5, 5.41) is 5.69. The molecule has 0 aromatic heterocycles. The minimum Gasteiger partial charge on any atom is -0.0837 e. The highest BCUT2D eigenvalue weighted by Gasteiger charge is 1.94. The van der Waals surface area contributed by atoms with Crippen molar-refractivity contribution in [2.24, 2.45) is 0 Å². The SMILES string of the molecule is Brc1cccc2ccccc12.Clc1cccc2ccccc12. The molecule has 0 aliphatic carbocycles. The first kappa shape index (κ1) is 15.1. The summed E-state index contributed by atoms with van der Waals surface area (Å²) in [5.74, 6) is 0. The van der Waals surface area contributed by atoms with E-state index in [2.05, 4.69) is 58.4 Å². The van der Waals surface area contributed by atoms with Gasteiger partial charge in [0.25, 0.3) is 0 Å². The fourth-order valence-corrected chi connectivity index (χ4v) is 3.13. The van der Waals surface area contributed by atoms with Crippen molar-refractivity contribution >= 4 is 49.1 Å². The molecule has 4 aromatic rings. The van der Waals surface area contributed by atoms with E-state index in [9.17, 15) is 0 Å². The Morgan fingerprint density at radius 1 is 0.545 bits per heavy atom. The number of benzene rings is 4. The number of hydrogen-bond donors (Lipinski definition) is 0. The first-order valence-electron chi connectivity index (χ1n) is 7.02. The van der Waals surface area contributed by atoms with Crippen LogP contribution in [0.2, 0.25) is 5.02 Å². The molecule has 0 saturated heterocycles. The maximum absolute atomic E-state index is 5.96. The van der Waals surface area contributed by atoms with Crippen LogP contribution in [0.3, 0.4) is 0 Å². The van der Waals surface area contributed by atoms with Crippen LogP contribution in [0.5, 0.6) is 0 Å². The van der Waals surface area contributed by atoms with Crippen LogP contribution in [-0.4, -0.2) is 0 Å². The van der Waals surface area contributed by atoms with Gasteiger partial charge in [0.2, 0.25) is 0 Å². The summed E-state index contributed by atoms with van der Waals surface area (Å²) in [7, 11) is 0. The van der Waals surface area contributed by atoms with Gasteiger partial charge in [-0.3, -0.25) is 0 Å². The van der Waals surface area contributed by atoms with Crippen LogP contribution in [-0.2, 0) is 0 Å². The Hall–Kier alpha value is -1.83. The molecule has 0 saturated carbocycles. The molecule has 0 aliphatic rings. The molecule has 4 rings (SSSR count). The lowest BCUT2D eigenvalue weighted by Crippen LogP contribution is -1.71. The zero-order chi connectivity index (χ0) is 15.4. The average molecular weight is 370 g/mol. The van der Waals surface area contributed by atoms with Crippen molar-refractivity contribution in [3.8, 4) is 0 Å². The van der Waals surface area contributed by atoms with Gasteiger partial charge < -0.3 is 0 Å². The third kappa shape index (κ3) is 3.32. The Morgan fingerprint density at radius 2 is 1.05 bits per heavy atom. The summed E-state index contributed by atoms with van der Waals surface area (Å²) in [6.45, 7) is 0. The van der Waals surface area contributed by atoms with Gasteiger partial charge in [-0.2, -0.15) is 0 Å². The molecule has 0 bridgehead atoms. The van der Waals surface area contributed by atoms with Crippen LogP contribution in [0.1, 0.15) is 0 Å². The highest BCUT2D eigenvalue weighted by atomic mass is 79.9. The molecule has 108 valence electrons. The van der Waals surface area contributed by atoms with Crippen molar-refractivity contribution in [2.45, 2.75) is 0 Å². The van der Waals surface area contributed by atoms with Gasteiger partial charge in [0.1, 0.15) is 0 Å². The monoisotopic (exact) mass is 368 g/mol. The number of hydrogen-bond acceptors (Lipinski definition) is 0. The van der Waals surface area contributed by atoms with Gasteiger partial charge in [0, 0.05) is 14.9 Å². The van der Waals surface area contributed by atoms with Gasteiger partial charge in [0.05, 0.1) is 0 Å². The summed E-state index contributed by atoms with van der Waals surface area (Å²) < 4.78 is 1.16. The molecule has 0 atom stereocenters. The van der Waals surface area contributed by atoms with E-state index < -0.39 is 0 Å². The van der Waals surface area contributed by atoms with Gasteiger partial charge in [0.15, 0.2) is 0 Å². The van der Waals surface area contributed by atoms with Crippen LogP contribution < -0.4 is 0 Å². The molecule has 0 spiro atoms. The summed E-state index contributed by atoms with van der Waals surface area (Å²) >= 11 is 9.45. The topological polar surface area (TPSA) is 0 Å². The third-order valence-electron chi connectivity index (χ3n) is 3.47. The predicted molar refractivity (Wildman–Crippen MR) is 101 cm³/mol. The van der Waals surface area contributed by atoms with Gasteiger partial charge >= 0.3 is 0 Å². The second kappa shape index (κ2) is 6.95. The van der Waals surface area contributed by atoms with E-state index in [0.29, 0.717) is 0 Å². The molecule has 22 heavy (non-hydrogen) atoms. The molecule has 0 N–H and O–H groups in total. The van der Waals surface area contributed by atoms with Crippen molar-refractivity contribution in [3.63, 3.8) is 0 Å². The minimum absolute atomic E-state index is 0.822. The standard InChI is InChI=1S/C10H7Br.C10H7Cl/c2*11-10-7-3-5-8-4-1-2-6-9(8)10/h2*1-7H. The molecule has 0 heterocycles. The Balaban J connectivity index is 0.000000131. The van der Waals surface area contributed by atoms with E-state index >= 15 is 0 Å². The first-order chi connectivity index (χ1) is 10.8. The molecule has 0 nitrogen and oxygen atoms in total. The van der Waals surface area contributed by atoms with E-state index in [1.165, 1.54) is 16.2 Å². The minimum atomic E-state index is 0.822. The highest BCUT2D eigenvalue weighted by molar-refractivity contribution is 9.10. The van der Waals surface area contributed by atoms with E-state index in [-0.39, 0.29) is 0 Å². The lowest BCUT2D eigenvalue weighted by Gasteiger charge is -1.97. The zero-order valence-corrected chi connectivity index (χ0v) is 14.2. The second-order valence-corrected chi connectivity index (χ2v) is 6.18. The molecule has 2 heteroatoms. The quantitative estimate of drug-likeness (QED) is 0.310. The lowest BCUT2D eigenvalue weighted by molar-refractivity contribution is 1.71. The second-order valence-electron chi connectivity index (χ2n) is 4.92. The maximum Gasteiger partial charge on any atom is 0.0484 e. The molecule has 4 aromatic carbocycles. The maximum atomic E-state index is 5.96. The fraction of sp³-hybridized carbons (Fsp3) is 0. The lowest BCUT2D eigenvalue weighted by atomic mass is 10.1. The van der Waals surface area contributed by atoms with E-state index in [1.807, 2.05) is 42.5 Å². The Morgan fingerprint density at radius 3 is 1.68 bits per heavy atom. The van der Waals surface area contributed by atoms with Gasteiger partial charge in [-0.05, 0) is 28.3 Å². The molecule has 0 aliphatic heterocycles. The molecular weight excluding hydrogens is 356 g/mol. The Labute approximate surface area is 143 Å². The van der Waals surface area contributed by atoms with Gasteiger partial charge in [-0.25, -0.2) is 0 Å². The normalized spacial score (nSPS) is 10.3. The molecule has 0 amide bonds. The van der Waals surface area contributed by atoms with Crippen LogP contribution in [0, 0.1) is 0 Å². The van der Waals surface area contributed by atoms with Crippen molar-refractivity contribution in [1.82, 2.24) is 0 Å². The number of fused-ring (bicyclic) bond motifs is 2. The smallest absolute Gasteiger partial charge is 0.0484 e. The van der Waals surface area contributed by atoms with Crippen molar-refractivity contribution < 1.29 is 0 Å². The van der Waals surface area contributed by atoms with Gasteiger partial charge in [-0.15, -0.1) is 0 Å². The van der Waals surface area contributed by atoms with E-state index in [1.54, 1.807) is 0 Å². The molecule has 0 unspecified atom stereocenters. The van der Waals surface area contributed by atoms with E-state index in [0.717, 1.165) is 14.9 Å². The van der Waals surface area contributed by atoms with Crippen molar-refractivity contribution in [3.05, 3.63) is 94.4 Å². The van der Waals surface area contributed by atoms with Crippen molar-refractivity contribution in [2.75, 3.05) is 0 Å². The average Bonchev–Trinajstić information content (AvgIpc) is 2.57. The Kier molecular flexibility index (Phi) is 4.77. The van der Waals surface area contributed by atoms with Crippen LogP contribution in [0.25, 0.3) is 21.5 Å². The van der Waals surface area contributed by atoms with E-state index in [4.69, 9.17) is 11.6 Å². The summed E-state index contributed by atoms with van der Waals surface area (Å²) in [4.78, 5) is 0. The largest absolute Gasteiger partial charge is 0.0837 e. The summed E-state index contributed by atoms with van der Waals surface area (Å²) in [5.41, 5.74) is 0. The predicted octanol–water partition coefficient (Wildman–Crippen LogP) is 7.10. The summed E-state index contributed by atoms with van der Waals surface area (Å²) in [6, 6.07) is 28.6. The van der Waals surface area contributed by atoms with Crippen LogP contribution >= 0.6 is 27.5 Å². The van der Waals surface area contributed by atoms with Crippen molar-refractivity contribution in [1.29, 1.82) is 0 Å². The highest BCUT2D eigenvalue weighted by Crippen LogP contribution is 2.23. The van der Waals surface area contributed by atoms with Crippen LogP contribution in [0.4, 0.5) is 0 Å². The fourth-order valence-electron chi connectivity index (χ4n) is 2.37. The third-order valence-corrected chi connectivity index (χ3v) is 4.49. The van der Waals surface area contributed by atoms with Crippen LogP contribution in [0.15, 0.2) is 89.4 Å².